The van der Waals surface area contributed by atoms with Gasteiger partial charge in [-0.05, 0) is 56.4 Å². The van der Waals surface area contributed by atoms with Crippen LogP contribution in [0.3, 0.4) is 0 Å². The first-order valence-corrected chi connectivity index (χ1v) is 10.1. The van der Waals surface area contributed by atoms with Gasteiger partial charge in [0.05, 0.1) is 11.5 Å². The molecule has 2 rings (SSSR count). The van der Waals surface area contributed by atoms with Gasteiger partial charge in [0.2, 0.25) is 0 Å². The van der Waals surface area contributed by atoms with E-state index in [-0.39, 0.29) is 23.2 Å². The molecule has 0 radical (unpaired) electrons. The Kier molecular flexibility index (Phi) is 9.24. The van der Waals surface area contributed by atoms with Crippen LogP contribution in [0.4, 0.5) is 5.69 Å². The smallest absolute Gasteiger partial charge is 0.261 e. The molecule has 0 fully saturated rings. The Morgan fingerprint density at radius 2 is 1.82 bits per heavy atom. The fourth-order valence-corrected chi connectivity index (χ4v) is 3.46. The quantitative estimate of drug-likeness (QED) is 0.642. The number of hydrogen-bond acceptors (Lipinski definition) is 5. The Labute approximate surface area is 172 Å². The van der Waals surface area contributed by atoms with Crippen LogP contribution in [0.25, 0.3) is 0 Å². The van der Waals surface area contributed by atoms with Gasteiger partial charge >= 0.3 is 0 Å². The fraction of sp³-hybridized carbons (Fsp3) is 0.316. The monoisotopic (exact) mass is 427 g/mol. The molecule has 0 aliphatic carbocycles. The number of carbonyl (C=O) groups excluding carboxylic acids is 1. The van der Waals surface area contributed by atoms with E-state index in [4.69, 9.17) is 4.74 Å². The highest BCUT2D eigenvalue weighted by molar-refractivity contribution is 7.92. The third-order valence-corrected chi connectivity index (χ3v) is 5.25. The standard InChI is InChI=1S/C19H25N3O4S.ClH/c1-4-26-17-8-10-18(11-9-17)27(24,25)21-16-7-5-6-15(14-16)19(23)22(3)13-12-20-2;/h5-11,14,20-21H,4,12-13H2,1-3H3;1H. The molecule has 0 aromatic heterocycles. The lowest BCUT2D eigenvalue weighted by atomic mass is 10.2. The van der Waals surface area contributed by atoms with E-state index in [1.807, 2.05) is 14.0 Å². The molecule has 0 spiro atoms. The second-order valence-electron chi connectivity index (χ2n) is 5.92. The first kappa shape index (κ1) is 23.7. The molecule has 0 bridgehead atoms. The Morgan fingerprint density at radius 1 is 1.14 bits per heavy atom. The predicted molar refractivity (Wildman–Crippen MR) is 113 cm³/mol. The van der Waals surface area contributed by atoms with Crippen LogP contribution >= 0.6 is 12.4 Å². The number of benzene rings is 2. The number of amides is 1. The van der Waals surface area contributed by atoms with E-state index < -0.39 is 10.0 Å². The van der Waals surface area contributed by atoms with E-state index in [1.165, 1.54) is 18.2 Å². The summed E-state index contributed by atoms with van der Waals surface area (Å²) in [6.45, 7) is 3.59. The number of halogens is 1. The number of nitrogens with zero attached hydrogens (tertiary/aromatic N) is 1. The third-order valence-electron chi connectivity index (χ3n) is 3.85. The molecule has 2 aromatic rings. The number of nitrogens with one attached hydrogen (secondary N) is 2. The van der Waals surface area contributed by atoms with Crippen molar-refractivity contribution in [2.75, 3.05) is 38.5 Å². The number of likely N-dealkylation sites (N-methyl/N-ethyl adjacent to an activating group) is 2. The van der Waals surface area contributed by atoms with Crippen molar-refractivity contribution in [2.24, 2.45) is 0 Å². The van der Waals surface area contributed by atoms with E-state index in [1.54, 1.807) is 42.3 Å². The van der Waals surface area contributed by atoms with Gasteiger partial charge in [-0.25, -0.2) is 8.42 Å². The number of rotatable bonds is 9. The first-order chi connectivity index (χ1) is 12.9. The zero-order chi connectivity index (χ0) is 19.9. The van der Waals surface area contributed by atoms with E-state index in [0.717, 1.165) is 0 Å². The number of anilines is 1. The van der Waals surface area contributed by atoms with Crippen LogP contribution in [0.2, 0.25) is 0 Å². The second-order valence-corrected chi connectivity index (χ2v) is 7.60. The van der Waals surface area contributed by atoms with E-state index >= 15 is 0 Å². The van der Waals surface area contributed by atoms with Crippen molar-refractivity contribution in [3.63, 3.8) is 0 Å². The van der Waals surface area contributed by atoms with Crippen LogP contribution in [-0.4, -0.2) is 53.0 Å². The molecule has 2 N–H and O–H groups in total. The maximum absolute atomic E-state index is 12.6. The summed E-state index contributed by atoms with van der Waals surface area (Å²) in [5.41, 5.74) is 0.747. The lowest BCUT2D eigenvalue weighted by Gasteiger charge is -2.17. The molecule has 1 amide bonds. The predicted octanol–water partition coefficient (Wildman–Crippen LogP) is 2.60. The highest BCUT2D eigenvalue weighted by atomic mass is 35.5. The normalized spacial score (nSPS) is 10.7. The molecule has 7 nitrogen and oxygen atoms in total. The Bertz CT molecular complexity index is 873. The van der Waals surface area contributed by atoms with Gasteiger partial charge in [-0.1, -0.05) is 6.07 Å². The van der Waals surface area contributed by atoms with Gasteiger partial charge in [-0.2, -0.15) is 0 Å². The first-order valence-electron chi connectivity index (χ1n) is 8.63. The van der Waals surface area contributed by atoms with Crippen molar-refractivity contribution in [2.45, 2.75) is 11.8 Å². The minimum Gasteiger partial charge on any atom is -0.494 e. The molecule has 154 valence electrons. The maximum Gasteiger partial charge on any atom is 0.261 e. The number of carbonyl (C=O) groups is 1. The van der Waals surface area contributed by atoms with Crippen molar-refractivity contribution >= 4 is 34.0 Å². The molecule has 0 aliphatic rings. The second kappa shape index (κ2) is 10.9. The molecule has 9 heteroatoms. The summed E-state index contributed by atoms with van der Waals surface area (Å²) >= 11 is 0. The van der Waals surface area contributed by atoms with Gasteiger partial charge in [-0.3, -0.25) is 9.52 Å². The van der Waals surface area contributed by atoms with Crippen LogP contribution in [0.5, 0.6) is 5.75 Å². The number of sulfonamides is 1. The van der Waals surface area contributed by atoms with Crippen LogP contribution in [0, 0.1) is 0 Å². The topological polar surface area (TPSA) is 87.7 Å². The van der Waals surface area contributed by atoms with E-state index in [2.05, 4.69) is 10.0 Å². The Hall–Kier alpha value is -2.29. The lowest BCUT2D eigenvalue weighted by Crippen LogP contribution is -2.32. The average Bonchev–Trinajstić information content (AvgIpc) is 2.66. The largest absolute Gasteiger partial charge is 0.494 e. The van der Waals surface area contributed by atoms with Crippen molar-refractivity contribution in [1.29, 1.82) is 0 Å². The molecule has 2 aromatic carbocycles. The van der Waals surface area contributed by atoms with Crippen molar-refractivity contribution in [1.82, 2.24) is 10.2 Å². The molecule has 0 saturated heterocycles. The molecule has 28 heavy (non-hydrogen) atoms. The third kappa shape index (κ3) is 6.40. The lowest BCUT2D eigenvalue weighted by molar-refractivity contribution is 0.0797. The highest BCUT2D eigenvalue weighted by Gasteiger charge is 2.16. The zero-order valence-corrected chi connectivity index (χ0v) is 17.8. The van der Waals surface area contributed by atoms with Crippen LogP contribution in [-0.2, 0) is 10.0 Å². The SMILES string of the molecule is CCOc1ccc(S(=O)(=O)Nc2cccc(C(=O)N(C)CCNC)c2)cc1.Cl. The number of hydrogen-bond donors (Lipinski definition) is 2. The zero-order valence-electron chi connectivity index (χ0n) is 16.1. The van der Waals surface area contributed by atoms with Crippen LogP contribution < -0.4 is 14.8 Å². The Morgan fingerprint density at radius 3 is 2.43 bits per heavy atom. The minimum absolute atomic E-state index is 0. The van der Waals surface area contributed by atoms with Crippen molar-refractivity contribution < 1.29 is 17.9 Å². The molecule has 0 saturated carbocycles. The summed E-state index contributed by atoms with van der Waals surface area (Å²) in [7, 11) is -0.243. The van der Waals surface area contributed by atoms with Gasteiger partial charge in [0.25, 0.3) is 15.9 Å². The minimum atomic E-state index is -3.76. The van der Waals surface area contributed by atoms with Crippen LogP contribution in [0.1, 0.15) is 17.3 Å². The van der Waals surface area contributed by atoms with Crippen molar-refractivity contribution in [3.05, 3.63) is 54.1 Å². The van der Waals surface area contributed by atoms with Crippen LogP contribution in [0.15, 0.2) is 53.4 Å². The summed E-state index contributed by atoms with van der Waals surface area (Å²) in [5, 5.41) is 2.98. The van der Waals surface area contributed by atoms with E-state index in [9.17, 15) is 13.2 Å². The number of ether oxygens (including phenoxy) is 1. The van der Waals surface area contributed by atoms with Crippen molar-refractivity contribution in [3.8, 4) is 5.75 Å². The summed E-state index contributed by atoms with van der Waals surface area (Å²) in [6, 6.07) is 12.6. The van der Waals surface area contributed by atoms with Gasteiger partial charge in [0.15, 0.2) is 0 Å². The summed E-state index contributed by atoms with van der Waals surface area (Å²) in [4.78, 5) is 14.1. The molecule has 0 unspecified atom stereocenters. The molecule has 0 heterocycles. The van der Waals surface area contributed by atoms with E-state index in [0.29, 0.717) is 36.7 Å². The maximum atomic E-state index is 12.6. The summed E-state index contributed by atoms with van der Waals surface area (Å²) in [6.07, 6.45) is 0. The molecule has 0 atom stereocenters. The fourth-order valence-electron chi connectivity index (χ4n) is 2.41. The highest BCUT2D eigenvalue weighted by Crippen LogP contribution is 2.20. The Balaban J connectivity index is 0.00000392. The summed E-state index contributed by atoms with van der Waals surface area (Å²) in [5.74, 6) is 0.431. The van der Waals surface area contributed by atoms with Gasteiger partial charge in [0.1, 0.15) is 5.75 Å². The van der Waals surface area contributed by atoms with Gasteiger partial charge < -0.3 is 15.0 Å². The van der Waals surface area contributed by atoms with Gasteiger partial charge in [-0.15, -0.1) is 12.4 Å². The molecule has 0 aliphatic heterocycles. The molecular weight excluding hydrogens is 402 g/mol. The summed E-state index contributed by atoms with van der Waals surface area (Å²) < 4.78 is 33.0. The molecular formula is C19H26ClN3O4S. The van der Waals surface area contributed by atoms with Gasteiger partial charge in [0, 0.05) is 31.4 Å². The average molecular weight is 428 g/mol.